The van der Waals surface area contributed by atoms with E-state index >= 15 is 0 Å². The largest absolute Gasteiger partial charge is 0.337 e. The lowest BCUT2D eigenvalue weighted by molar-refractivity contribution is 0.0721. The van der Waals surface area contributed by atoms with Gasteiger partial charge in [-0.05, 0) is 66.8 Å². The van der Waals surface area contributed by atoms with Crippen LogP contribution in [0.3, 0.4) is 0 Å². The van der Waals surface area contributed by atoms with Crippen LogP contribution in [0.1, 0.15) is 50.4 Å². The summed E-state index contributed by atoms with van der Waals surface area (Å²) in [4.78, 5) is 30.1. The molecule has 0 spiro atoms. The third-order valence-electron chi connectivity index (χ3n) is 5.40. The van der Waals surface area contributed by atoms with Crippen LogP contribution in [0.2, 0.25) is 0 Å². The van der Waals surface area contributed by atoms with Crippen molar-refractivity contribution in [2.75, 3.05) is 26.2 Å². The Morgan fingerprint density at radius 3 is 2.27 bits per heavy atom. The molecular formula is C21H24N2O2S. The summed E-state index contributed by atoms with van der Waals surface area (Å²) in [5.74, 6) is 0.187. The second-order valence-corrected chi connectivity index (χ2v) is 8.05. The highest BCUT2D eigenvalue weighted by Crippen LogP contribution is 2.23. The summed E-state index contributed by atoms with van der Waals surface area (Å²) in [6.45, 7) is 2.63. The molecule has 0 radical (unpaired) electrons. The number of hydrogen-bond donors (Lipinski definition) is 0. The zero-order chi connectivity index (χ0) is 17.9. The van der Waals surface area contributed by atoms with Crippen LogP contribution in [-0.2, 0) is 12.8 Å². The minimum Gasteiger partial charge on any atom is -0.337 e. The molecule has 136 valence electrons. The van der Waals surface area contributed by atoms with Gasteiger partial charge in [0.25, 0.3) is 11.8 Å². The fourth-order valence-electron chi connectivity index (χ4n) is 3.93. The first-order valence-electron chi connectivity index (χ1n) is 9.46. The lowest BCUT2D eigenvalue weighted by atomic mass is 9.90. The molecule has 0 N–H and O–H groups in total. The molecule has 0 bridgehead atoms. The zero-order valence-electron chi connectivity index (χ0n) is 14.9. The van der Waals surface area contributed by atoms with E-state index in [1.54, 1.807) is 0 Å². The van der Waals surface area contributed by atoms with Crippen LogP contribution in [0, 0.1) is 0 Å². The molecule has 2 aliphatic rings. The number of benzene rings is 1. The van der Waals surface area contributed by atoms with Gasteiger partial charge >= 0.3 is 0 Å². The van der Waals surface area contributed by atoms with Crippen molar-refractivity contribution in [3.63, 3.8) is 0 Å². The van der Waals surface area contributed by atoms with E-state index in [1.807, 2.05) is 33.4 Å². The van der Waals surface area contributed by atoms with Gasteiger partial charge in [0, 0.05) is 31.7 Å². The molecule has 0 unspecified atom stereocenters. The average molecular weight is 369 g/mol. The molecule has 5 heteroatoms. The summed E-state index contributed by atoms with van der Waals surface area (Å²) >= 11 is 1.48. The van der Waals surface area contributed by atoms with Crippen LogP contribution in [0.5, 0.6) is 0 Å². The molecule has 2 heterocycles. The summed E-state index contributed by atoms with van der Waals surface area (Å²) in [6.07, 6.45) is 5.51. The molecule has 0 atom stereocenters. The van der Waals surface area contributed by atoms with Crippen molar-refractivity contribution in [1.29, 1.82) is 0 Å². The summed E-state index contributed by atoms with van der Waals surface area (Å²) in [6, 6.07) is 9.98. The molecule has 26 heavy (non-hydrogen) atoms. The molecule has 2 aromatic rings. The van der Waals surface area contributed by atoms with Gasteiger partial charge in [0.1, 0.15) is 0 Å². The third kappa shape index (κ3) is 3.54. The van der Waals surface area contributed by atoms with Crippen LogP contribution >= 0.6 is 11.3 Å². The number of carbonyl (C=O) groups excluding carboxylic acids is 2. The maximum absolute atomic E-state index is 13.0. The van der Waals surface area contributed by atoms with Crippen molar-refractivity contribution in [3.8, 4) is 0 Å². The van der Waals surface area contributed by atoms with E-state index in [9.17, 15) is 9.59 Å². The number of amides is 2. The fourth-order valence-corrected chi connectivity index (χ4v) is 4.62. The van der Waals surface area contributed by atoms with Gasteiger partial charge in [-0.25, -0.2) is 0 Å². The molecule has 4 nitrogen and oxygen atoms in total. The van der Waals surface area contributed by atoms with E-state index < -0.39 is 0 Å². The molecule has 1 aromatic heterocycles. The highest BCUT2D eigenvalue weighted by Gasteiger charge is 2.24. The van der Waals surface area contributed by atoms with Gasteiger partial charge in [-0.1, -0.05) is 12.1 Å². The topological polar surface area (TPSA) is 40.6 Å². The normalized spacial score (nSPS) is 17.5. The van der Waals surface area contributed by atoms with E-state index in [0.717, 1.165) is 29.7 Å². The Hall–Kier alpha value is -2.14. The van der Waals surface area contributed by atoms with Crippen LogP contribution in [0.25, 0.3) is 0 Å². The minimum atomic E-state index is 0.0862. The lowest BCUT2D eigenvalue weighted by Gasteiger charge is -2.23. The molecular weight excluding hydrogens is 344 g/mol. The third-order valence-corrected chi connectivity index (χ3v) is 6.26. The predicted octanol–water partition coefficient (Wildman–Crippen LogP) is 3.62. The molecule has 1 fully saturated rings. The number of rotatable bonds is 2. The first-order valence-corrected chi connectivity index (χ1v) is 10.3. The van der Waals surface area contributed by atoms with Crippen LogP contribution < -0.4 is 0 Å². The van der Waals surface area contributed by atoms with Crippen molar-refractivity contribution in [2.24, 2.45) is 0 Å². The number of fused-ring (bicyclic) bond motifs is 1. The van der Waals surface area contributed by atoms with Gasteiger partial charge in [0.15, 0.2) is 0 Å². The van der Waals surface area contributed by atoms with Crippen LogP contribution in [-0.4, -0.2) is 47.8 Å². The monoisotopic (exact) mass is 368 g/mol. The standard InChI is InChI=1S/C21H24N2O2S/c24-20(18-9-8-16-5-1-2-6-17(16)15-18)22-10-4-11-23(13-12-22)21(25)19-7-3-14-26-19/h3,7-9,14-15H,1-2,4-6,10-13H2. The quantitative estimate of drug-likeness (QED) is 0.812. The van der Waals surface area contributed by atoms with Gasteiger partial charge in [0.05, 0.1) is 4.88 Å². The molecule has 1 aliphatic carbocycles. The first kappa shape index (κ1) is 17.3. The molecule has 2 amide bonds. The van der Waals surface area contributed by atoms with E-state index in [4.69, 9.17) is 0 Å². The van der Waals surface area contributed by atoms with Crippen molar-refractivity contribution < 1.29 is 9.59 Å². The highest BCUT2D eigenvalue weighted by molar-refractivity contribution is 7.12. The maximum Gasteiger partial charge on any atom is 0.263 e. The molecule has 1 aliphatic heterocycles. The second-order valence-electron chi connectivity index (χ2n) is 7.11. The average Bonchev–Trinajstić information content (AvgIpc) is 3.11. The zero-order valence-corrected chi connectivity index (χ0v) is 15.8. The van der Waals surface area contributed by atoms with Crippen molar-refractivity contribution in [2.45, 2.75) is 32.1 Å². The number of nitrogens with zero attached hydrogens (tertiary/aromatic N) is 2. The Morgan fingerprint density at radius 1 is 0.808 bits per heavy atom. The predicted molar refractivity (Wildman–Crippen MR) is 104 cm³/mol. The van der Waals surface area contributed by atoms with Gasteiger partial charge in [0.2, 0.25) is 0 Å². The van der Waals surface area contributed by atoms with Gasteiger partial charge in [-0.2, -0.15) is 0 Å². The Labute approximate surface area is 158 Å². The number of carbonyl (C=O) groups is 2. The van der Waals surface area contributed by atoms with E-state index in [1.165, 1.54) is 35.3 Å². The Bertz CT molecular complexity index is 800. The number of hydrogen-bond acceptors (Lipinski definition) is 3. The summed E-state index contributed by atoms with van der Waals surface area (Å²) in [5, 5.41) is 1.93. The highest BCUT2D eigenvalue weighted by atomic mass is 32.1. The molecule has 4 rings (SSSR count). The maximum atomic E-state index is 13.0. The van der Waals surface area contributed by atoms with Crippen molar-refractivity contribution in [1.82, 2.24) is 9.80 Å². The fraction of sp³-hybridized carbons (Fsp3) is 0.429. The minimum absolute atomic E-state index is 0.0862. The van der Waals surface area contributed by atoms with Crippen molar-refractivity contribution >= 4 is 23.2 Å². The van der Waals surface area contributed by atoms with E-state index in [2.05, 4.69) is 12.1 Å². The van der Waals surface area contributed by atoms with Gasteiger partial charge < -0.3 is 9.80 Å². The molecule has 1 aromatic carbocycles. The van der Waals surface area contributed by atoms with Crippen molar-refractivity contribution in [3.05, 3.63) is 57.3 Å². The van der Waals surface area contributed by atoms with Gasteiger partial charge in [-0.3, -0.25) is 9.59 Å². The molecule has 0 saturated carbocycles. The SMILES string of the molecule is O=C(c1ccc2c(c1)CCCC2)N1CCCN(C(=O)c2cccs2)CC1. The summed E-state index contributed by atoms with van der Waals surface area (Å²) < 4.78 is 0. The Morgan fingerprint density at radius 2 is 1.54 bits per heavy atom. The van der Waals surface area contributed by atoms with Crippen LogP contribution in [0.15, 0.2) is 35.7 Å². The number of aryl methyl sites for hydroxylation is 2. The second kappa shape index (κ2) is 7.62. The Balaban J connectivity index is 1.44. The smallest absolute Gasteiger partial charge is 0.263 e. The van der Waals surface area contributed by atoms with E-state index in [0.29, 0.717) is 26.2 Å². The van der Waals surface area contributed by atoms with Crippen LogP contribution in [0.4, 0.5) is 0 Å². The number of thiophene rings is 1. The van der Waals surface area contributed by atoms with Gasteiger partial charge in [-0.15, -0.1) is 11.3 Å². The molecule has 1 saturated heterocycles. The van der Waals surface area contributed by atoms with E-state index in [-0.39, 0.29) is 11.8 Å². The Kier molecular flexibility index (Phi) is 5.07. The lowest BCUT2D eigenvalue weighted by Crippen LogP contribution is -2.37. The summed E-state index contributed by atoms with van der Waals surface area (Å²) in [5.41, 5.74) is 3.53. The first-order chi connectivity index (χ1) is 12.7. The summed E-state index contributed by atoms with van der Waals surface area (Å²) in [7, 11) is 0.